The number of nitrogens with one attached hydrogen (secondary N) is 1. The predicted molar refractivity (Wildman–Crippen MR) is 79.0 cm³/mol. The molecule has 0 aromatic heterocycles. The van der Waals surface area contributed by atoms with E-state index < -0.39 is 0 Å². The monoisotopic (exact) mass is 272 g/mol. The summed E-state index contributed by atoms with van der Waals surface area (Å²) in [6, 6.07) is 7.37. The zero-order valence-corrected chi connectivity index (χ0v) is 12.1. The topological polar surface area (TPSA) is 49.4 Å². The van der Waals surface area contributed by atoms with Crippen LogP contribution in [0.1, 0.15) is 36.7 Å². The SMILES string of the molecule is C=C1c2ccccc2C(=O)N1CC(=O)N[C@@H](C)C(C)C. The Morgan fingerprint density at radius 3 is 2.40 bits per heavy atom. The maximum atomic E-state index is 12.2. The molecule has 0 saturated carbocycles. The van der Waals surface area contributed by atoms with Crippen molar-refractivity contribution in [1.82, 2.24) is 10.2 Å². The molecule has 1 atom stereocenters. The van der Waals surface area contributed by atoms with Crippen LogP contribution < -0.4 is 5.32 Å². The van der Waals surface area contributed by atoms with E-state index in [0.29, 0.717) is 17.2 Å². The smallest absolute Gasteiger partial charge is 0.259 e. The Kier molecular flexibility index (Phi) is 3.93. The van der Waals surface area contributed by atoms with E-state index >= 15 is 0 Å². The number of hydrogen-bond donors (Lipinski definition) is 1. The molecule has 106 valence electrons. The lowest BCUT2D eigenvalue weighted by atomic mass is 10.1. The van der Waals surface area contributed by atoms with Gasteiger partial charge in [-0.1, -0.05) is 38.6 Å². The third-order valence-corrected chi connectivity index (χ3v) is 3.73. The molecular formula is C16H20N2O2. The van der Waals surface area contributed by atoms with E-state index in [1.165, 1.54) is 4.90 Å². The summed E-state index contributed by atoms with van der Waals surface area (Å²) in [6.45, 7) is 9.98. The second-order valence-corrected chi connectivity index (χ2v) is 5.48. The van der Waals surface area contributed by atoms with E-state index in [1.807, 2.05) is 39.0 Å². The van der Waals surface area contributed by atoms with Gasteiger partial charge in [0.05, 0.1) is 0 Å². The second kappa shape index (κ2) is 5.49. The highest BCUT2D eigenvalue weighted by Crippen LogP contribution is 2.30. The molecule has 2 rings (SSSR count). The van der Waals surface area contributed by atoms with Crippen LogP contribution in [0.25, 0.3) is 5.70 Å². The highest BCUT2D eigenvalue weighted by atomic mass is 16.2. The Bertz CT molecular complexity index is 528. The Morgan fingerprint density at radius 1 is 1.25 bits per heavy atom. The standard InChI is InChI=1S/C16H20N2O2/c1-10(2)11(3)17-15(19)9-18-12(4)13-7-5-6-8-14(13)16(18)20/h5-8,10-11H,4,9H2,1-3H3,(H,17,19)/t11-/m0/s1. The number of nitrogens with zero attached hydrogens (tertiary/aromatic N) is 1. The fourth-order valence-electron chi connectivity index (χ4n) is 2.11. The van der Waals surface area contributed by atoms with Crippen LogP contribution in [0.15, 0.2) is 30.8 Å². The lowest BCUT2D eigenvalue weighted by molar-refractivity contribution is -0.122. The minimum Gasteiger partial charge on any atom is -0.352 e. The van der Waals surface area contributed by atoms with Crippen molar-refractivity contribution in [3.8, 4) is 0 Å². The second-order valence-electron chi connectivity index (χ2n) is 5.48. The summed E-state index contributed by atoms with van der Waals surface area (Å²) in [5.74, 6) is 0.0417. The van der Waals surface area contributed by atoms with Crippen LogP contribution in [0, 0.1) is 5.92 Å². The van der Waals surface area contributed by atoms with Crippen molar-refractivity contribution in [2.45, 2.75) is 26.8 Å². The number of carbonyl (C=O) groups is 2. The molecule has 0 radical (unpaired) electrons. The van der Waals surface area contributed by atoms with Crippen molar-refractivity contribution in [3.05, 3.63) is 42.0 Å². The zero-order chi connectivity index (χ0) is 14.9. The quantitative estimate of drug-likeness (QED) is 0.914. The van der Waals surface area contributed by atoms with Gasteiger partial charge in [0.2, 0.25) is 5.91 Å². The molecule has 2 amide bonds. The molecule has 1 N–H and O–H groups in total. The van der Waals surface area contributed by atoms with Crippen LogP contribution in [0.3, 0.4) is 0 Å². The molecule has 0 saturated heterocycles. The summed E-state index contributed by atoms with van der Waals surface area (Å²) < 4.78 is 0. The van der Waals surface area contributed by atoms with Gasteiger partial charge < -0.3 is 5.32 Å². The Morgan fingerprint density at radius 2 is 1.85 bits per heavy atom. The number of benzene rings is 1. The van der Waals surface area contributed by atoms with Gasteiger partial charge in [-0.25, -0.2) is 0 Å². The largest absolute Gasteiger partial charge is 0.352 e. The van der Waals surface area contributed by atoms with Crippen molar-refractivity contribution in [2.24, 2.45) is 5.92 Å². The summed E-state index contributed by atoms with van der Waals surface area (Å²) in [7, 11) is 0. The molecule has 4 heteroatoms. The fourth-order valence-corrected chi connectivity index (χ4v) is 2.11. The summed E-state index contributed by atoms with van der Waals surface area (Å²) in [6.07, 6.45) is 0. The zero-order valence-electron chi connectivity index (χ0n) is 12.1. The van der Waals surface area contributed by atoms with E-state index in [-0.39, 0.29) is 24.4 Å². The third-order valence-electron chi connectivity index (χ3n) is 3.73. The first-order chi connectivity index (χ1) is 9.41. The molecule has 1 aliphatic rings. The summed E-state index contributed by atoms with van der Waals surface area (Å²) >= 11 is 0. The van der Waals surface area contributed by atoms with Crippen LogP contribution in [0.4, 0.5) is 0 Å². The van der Waals surface area contributed by atoms with Gasteiger partial charge in [-0.05, 0) is 18.9 Å². The van der Waals surface area contributed by atoms with Gasteiger partial charge in [-0.2, -0.15) is 0 Å². The predicted octanol–water partition coefficient (Wildman–Crippen LogP) is 2.27. The average molecular weight is 272 g/mol. The lowest BCUT2D eigenvalue weighted by Crippen LogP contribution is -2.42. The molecule has 0 spiro atoms. The number of rotatable bonds is 4. The highest BCUT2D eigenvalue weighted by molar-refractivity contribution is 6.10. The molecular weight excluding hydrogens is 252 g/mol. The molecule has 0 fully saturated rings. The van der Waals surface area contributed by atoms with Crippen molar-refractivity contribution in [1.29, 1.82) is 0 Å². The molecule has 0 bridgehead atoms. The van der Waals surface area contributed by atoms with Crippen LogP contribution in [0.5, 0.6) is 0 Å². The minimum atomic E-state index is -0.159. The number of carbonyl (C=O) groups excluding carboxylic acids is 2. The van der Waals surface area contributed by atoms with Gasteiger partial charge >= 0.3 is 0 Å². The van der Waals surface area contributed by atoms with Gasteiger partial charge in [-0.15, -0.1) is 0 Å². The first-order valence-electron chi connectivity index (χ1n) is 6.81. The van der Waals surface area contributed by atoms with Crippen molar-refractivity contribution in [2.75, 3.05) is 6.54 Å². The van der Waals surface area contributed by atoms with Gasteiger partial charge in [0.25, 0.3) is 5.91 Å². The Hall–Kier alpha value is -2.10. The maximum Gasteiger partial charge on any atom is 0.259 e. The fraction of sp³-hybridized carbons (Fsp3) is 0.375. The maximum absolute atomic E-state index is 12.2. The van der Waals surface area contributed by atoms with E-state index in [0.717, 1.165) is 5.56 Å². The summed E-state index contributed by atoms with van der Waals surface area (Å²) in [5, 5.41) is 2.90. The van der Waals surface area contributed by atoms with Crippen molar-refractivity contribution >= 4 is 17.5 Å². The molecule has 4 nitrogen and oxygen atoms in total. The van der Waals surface area contributed by atoms with Crippen LogP contribution in [-0.2, 0) is 4.79 Å². The summed E-state index contributed by atoms with van der Waals surface area (Å²) in [5.41, 5.74) is 2.02. The summed E-state index contributed by atoms with van der Waals surface area (Å²) in [4.78, 5) is 25.7. The van der Waals surface area contributed by atoms with Crippen LogP contribution >= 0.6 is 0 Å². The number of hydrogen-bond acceptors (Lipinski definition) is 2. The molecule has 0 unspecified atom stereocenters. The molecule has 1 heterocycles. The molecule has 1 aromatic carbocycles. The highest BCUT2D eigenvalue weighted by Gasteiger charge is 2.32. The lowest BCUT2D eigenvalue weighted by Gasteiger charge is -2.21. The van der Waals surface area contributed by atoms with E-state index in [4.69, 9.17) is 0 Å². The van der Waals surface area contributed by atoms with Gasteiger partial charge in [0.15, 0.2) is 0 Å². The normalized spacial score (nSPS) is 15.5. The molecule has 1 aromatic rings. The first-order valence-corrected chi connectivity index (χ1v) is 6.81. The van der Waals surface area contributed by atoms with E-state index in [9.17, 15) is 9.59 Å². The van der Waals surface area contributed by atoms with Crippen LogP contribution in [0.2, 0.25) is 0 Å². The Labute approximate surface area is 119 Å². The average Bonchev–Trinajstić information content (AvgIpc) is 2.64. The van der Waals surface area contributed by atoms with Crippen molar-refractivity contribution < 1.29 is 9.59 Å². The van der Waals surface area contributed by atoms with E-state index in [1.54, 1.807) is 6.07 Å². The van der Waals surface area contributed by atoms with E-state index in [2.05, 4.69) is 11.9 Å². The van der Waals surface area contributed by atoms with Gasteiger partial charge in [0.1, 0.15) is 6.54 Å². The minimum absolute atomic E-state index is 0.0173. The first kappa shape index (κ1) is 14.3. The van der Waals surface area contributed by atoms with Crippen LogP contribution in [-0.4, -0.2) is 29.3 Å². The number of fused-ring (bicyclic) bond motifs is 1. The van der Waals surface area contributed by atoms with Crippen molar-refractivity contribution in [3.63, 3.8) is 0 Å². The number of amides is 2. The third kappa shape index (κ3) is 2.59. The van der Waals surface area contributed by atoms with Gasteiger partial charge in [0, 0.05) is 22.9 Å². The molecule has 20 heavy (non-hydrogen) atoms. The van der Waals surface area contributed by atoms with Gasteiger partial charge in [-0.3, -0.25) is 14.5 Å². The Balaban J connectivity index is 2.07. The molecule has 0 aliphatic carbocycles. The molecule has 1 aliphatic heterocycles.